The fourth-order valence-corrected chi connectivity index (χ4v) is 2.61. The van der Waals surface area contributed by atoms with Crippen molar-refractivity contribution < 1.29 is 14.6 Å². The minimum Gasteiger partial charge on any atom is -0.464 e. The van der Waals surface area contributed by atoms with E-state index in [9.17, 15) is 9.90 Å². The molecule has 0 aromatic heterocycles. The lowest BCUT2D eigenvalue weighted by atomic mass is 10.0. The summed E-state index contributed by atoms with van der Waals surface area (Å²) in [5, 5.41) is 14.6. The predicted molar refractivity (Wildman–Crippen MR) is 94.8 cm³/mol. The molecule has 3 atom stereocenters. The highest BCUT2D eigenvalue weighted by atomic mass is 35.5. The summed E-state index contributed by atoms with van der Waals surface area (Å²) >= 11 is 5.90. The Balaban J connectivity index is 2.14. The van der Waals surface area contributed by atoms with Gasteiger partial charge in [0.05, 0.1) is 12.1 Å². The maximum absolute atomic E-state index is 11.2. The monoisotopic (exact) mass is 347 g/mol. The quantitative estimate of drug-likeness (QED) is 0.750. The first-order chi connectivity index (χ1) is 11.5. The number of ether oxygens (including phenoxy) is 1. The van der Waals surface area contributed by atoms with E-state index in [4.69, 9.17) is 16.3 Å². The van der Waals surface area contributed by atoms with Crippen molar-refractivity contribution in [2.75, 3.05) is 6.61 Å². The van der Waals surface area contributed by atoms with Crippen molar-refractivity contribution in [3.05, 3.63) is 70.7 Å². The van der Waals surface area contributed by atoms with Gasteiger partial charge in [0.1, 0.15) is 6.61 Å². The fourth-order valence-electron chi connectivity index (χ4n) is 2.49. The van der Waals surface area contributed by atoms with Gasteiger partial charge in [-0.15, -0.1) is 0 Å². The molecule has 2 aromatic rings. The number of carbonyl (C=O) groups is 1. The summed E-state index contributed by atoms with van der Waals surface area (Å²) in [6.07, 6.45) is -0.826. The van der Waals surface area contributed by atoms with E-state index in [-0.39, 0.29) is 18.6 Å². The van der Waals surface area contributed by atoms with Crippen molar-refractivity contribution >= 4 is 17.6 Å². The summed E-state index contributed by atoms with van der Waals surface area (Å²) in [6, 6.07) is 16.4. The Hall–Kier alpha value is -1.88. The Morgan fingerprint density at radius 2 is 1.75 bits per heavy atom. The first-order valence-corrected chi connectivity index (χ1v) is 8.23. The number of halogens is 1. The Labute approximate surface area is 147 Å². The second-order valence-electron chi connectivity index (χ2n) is 5.70. The largest absolute Gasteiger partial charge is 0.464 e. The van der Waals surface area contributed by atoms with Crippen molar-refractivity contribution in [1.29, 1.82) is 0 Å². The number of carbonyl (C=O) groups excluding carboxylic acids is 1. The molecule has 0 unspecified atom stereocenters. The van der Waals surface area contributed by atoms with Gasteiger partial charge in [0.25, 0.3) is 0 Å². The van der Waals surface area contributed by atoms with Crippen LogP contribution in [0.1, 0.15) is 37.1 Å². The van der Waals surface area contributed by atoms with Crippen molar-refractivity contribution in [1.82, 2.24) is 5.32 Å². The van der Waals surface area contributed by atoms with Gasteiger partial charge in [-0.3, -0.25) is 4.79 Å². The van der Waals surface area contributed by atoms with E-state index in [1.54, 1.807) is 24.3 Å². The minimum absolute atomic E-state index is 0.00583. The Morgan fingerprint density at radius 3 is 2.33 bits per heavy atom. The third-order valence-electron chi connectivity index (χ3n) is 3.82. The third kappa shape index (κ3) is 5.34. The fraction of sp³-hybridized carbons (Fsp3) is 0.316. The third-order valence-corrected chi connectivity index (χ3v) is 4.07. The molecule has 0 heterocycles. The Bertz CT molecular complexity index is 645. The standard InChI is InChI=1S/C19H22ClNO3/c1-13(15-6-4-3-5-7-15)21-18(12-24-14(2)22)19(23)16-8-10-17(20)11-9-16/h3-11,13,18-19,21,23H,12H2,1-2H3/t13-,18+,19+/m1/s1. The molecule has 0 radical (unpaired) electrons. The number of rotatable bonds is 7. The number of hydrogen-bond acceptors (Lipinski definition) is 4. The zero-order valence-corrected chi connectivity index (χ0v) is 14.5. The van der Waals surface area contributed by atoms with E-state index in [0.29, 0.717) is 10.6 Å². The Kier molecular flexibility index (Phi) is 6.79. The van der Waals surface area contributed by atoms with Crippen molar-refractivity contribution in [2.45, 2.75) is 32.0 Å². The van der Waals surface area contributed by atoms with Crippen LogP contribution in [0.25, 0.3) is 0 Å². The van der Waals surface area contributed by atoms with Crippen LogP contribution in [-0.2, 0) is 9.53 Å². The van der Waals surface area contributed by atoms with Crippen LogP contribution < -0.4 is 5.32 Å². The molecule has 0 amide bonds. The normalized spacial score (nSPS) is 14.7. The summed E-state index contributed by atoms with van der Waals surface area (Å²) in [6.45, 7) is 3.44. The molecule has 2 aromatic carbocycles. The lowest BCUT2D eigenvalue weighted by Gasteiger charge is -2.27. The van der Waals surface area contributed by atoms with Gasteiger partial charge >= 0.3 is 5.97 Å². The maximum Gasteiger partial charge on any atom is 0.302 e. The molecule has 0 spiro atoms. The van der Waals surface area contributed by atoms with E-state index in [0.717, 1.165) is 5.56 Å². The van der Waals surface area contributed by atoms with Crippen LogP contribution >= 0.6 is 11.6 Å². The molecule has 0 saturated heterocycles. The minimum atomic E-state index is -0.826. The van der Waals surface area contributed by atoms with Crippen LogP contribution in [0.15, 0.2) is 54.6 Å². The number of aliphatic hydroxyl groups is 1. The number of hydrogen-bond donors (Lipinski definition) is 2. The molecular formula is C19H22ClNO3. The molecule has 2 N–H and O–H groups in total. The lowest BCUT2D eigenvalue weighted by molar-refractivity contribution is -0.142. The lowest BCUT2D eigenvalue weighted by Crippen LogP contribution is -2.40. The van der Waals surface area contributed by atoms with Gasteiger partial charge in [-0.05, 0) is 30.2 Å². The molecular weight excluding hydrogens is 326 g/mol. The summed E-state index contributed by atoms with van der Waals surface area (Å²) in [7, 11) is 0. The second kappa shape index (κ2) is 8.83. The van der Waals surface area contributed by atoms with Gasteiger partial charge in [0.2, 0.25) is 0 Å². The predicted octanol–water partition coefficient (Wildman–Crippen LogP) is 3.66. The van der Waals surface area contributed by atoms with Crippen molar-refractivity contribution in [2.24, 2.45) is 0 Å². The number of nitrogens with one attached hydrogen (secondary N) is 1. The van der Waals surface area contributed by atoms with Gasteiger partial charge in [0.15, 0.2) is 0 Å². The second-order valence-corrected chi connectivity index (χ2v) is 6.14. The molecule has 128 valence electrons. The van der Waals surface area contributed by atoms with Crippen LogP contribution in [0.3, 0.4) is 0 Å². The average Bonchev–Trinajstić information content (AvgIpc) is 2.59. The zero-order valence-electron chi connectivity index (χ0n) is 13.8. The number of aliphatic hydroxyl groups excluding tert-OH is 1. The molecule has 2 rings (SSSR count). The summed E-state index contributed by atoms with van der Waals surface area (Å²) < 4.78 is 5.12. The summed E-state index contributed by atoms with van der Waals surface area (Å²) in [5.74, 6) is -0.377. The van der Waals surface area contributed by atoms with E-state index < -0.39 is 12.1 Å². The molecule has 24 heavy (non-hydrogen) atoms. The van der Waals surface area contributed by atoms with Crippen LogP contribution in [0.5, 0.6) is 0 Å². The van der Waals surface area contributed by atoms with E-state index in [1.165, 1.54) is 6.92 Å². The molecule has 4 nitrogen and oxygen atoms in total. The first kappa shape index (κ1) is 18.5. The molecule has 0 fully saturated rings. The number of esters is 1. The van der Waals surface area contributed by atoms with Gasteiger partial charge in [0, 0.05) is 18.0 Å². The van der Waals surface area contributed by atoms with E-state index >= 15 is 0 Å². The van der Waals surface area contributed by atoms with Crippen molar-refractivity contribution in [3.63, 3.8) is 0 Å². The van der Waals surface area contributed by atoms with Crippen molar-refractivity contribution in [3.8, 4) is 0 Å². The molecule has 5 heteroatoms. The SMILES string of the molecule is CC(=O)OC[C@H](N[C@H](C)c1ccccc1)[C@@H](O)c1ccc(Cl)cc1. The molecule has 0 aliphatic rings. The Morgan fingerprint density at radius 1 is 1.12 bits per heavy atom. The molecule has 0 bridgehead atoms. The molecule has 0 aliphatic carbocycles. The van der Waals surface area contributed by atoms with Gasteiger partial charge < -0.3 is 15.2 Å². The summed E-state index contributed by atoms with van der Waals surface area (Å²) in [4.78, 5) is 11.2. The highest BCUT2D eigenvalue weighted by Gasteiger charge is 2.24. The highest BCUT2D eigenvalue weighted by Crippen LogP contribution is 2.22. The van der Waals surface area contributed by atoms with E-state index in [2.05, 4.69) is 5.32 Å². The number of benzene rings is 2. The van der Waals surface area contributed by atoms with Gasteiger partial charge in [-0.25, -0.2) is 0 Å². The van der Waals surface area contributed by atoms with Crippen LogP contribution in [-0.4, -0.2) is 23.7 Å². The zero-order chi connectivity index (χ0) is 17.5. The van der Waals surface area contributed by atoms with Crippen LogP contribution in [0.4, 0.5) is 0 Å². The highest BCUT2D eigenvalue weighted by molar-refractivity contribution is 6.30. The van der Waals surface area contributed by atoms with Crippen LogP contribution in [0, 0.1) is 0 Å². The van der Waals surface area contributed by atoms with Crippen LogP contribution in [0.2, 0.25) is 5.02 Å². The molecule has 0 saturated carbocycles. The maximum atomic E-state index is 11.2. The first-order valence-electron chi connectivity index (χ1n) is 7.85. The topological polar surface area (TPSA) is 58.6 Å². The molecule has 0 aliphatic heterocycles. The van der Waals surface area contributed by atoms with Gasteiger partial charge in [-0.2, -0.15) is 0 Å². The average molecular weight is 348 g/mol. The van der Waals surface area contributed by atoms with E-state index in [1.807, 2.05) is 37.3 Å². The van der Waals surface area contributed by atoms with Gasteiger partial charge in [-0.1, -0.05) is 54.1 Å². The summed E-state index contributed by atoms with van der Waals surface area (Å²) in [5.41, 5.74) is 1.80. The smallest absolute Gasteiger partial charge is 0.302 e.